The third-order valence-electron chi connectivity index (χ3n) is 2.72. The topological polar surface area (TPSA) is 55.1 Å². The molecule has 0 radical (unpaired) electrons. The third kappa shape index (κ3) is 4.45. The van der Waals surface area contributed by atoms with Crippen LogP contribution in [0.4, 0.5) is 0 Å². The zero-order valence-electron chi connectivity index (χ0n) is 11.1. The maximum Gasteiger partial charge on any atom is 0.251 e. The normalized spacial score (nSPS) is 12.2. The van der Waals surface area contributed by atoms with Gasteiger partial charge in [-0.05, 0) is 30.5 Å². The number of hydrogen-bond acceptors (Lipinski definition) is 2. The molecule has 0 aliphatic rings. The molecule has 98 valence electrons. The van der Waals surface area contributed by atoms with Gasteiger partial charge in [0.05, 0.1) is 4.99 Å². The smallest absolute Gasteiger partial charge is 0.251 e. The molecule has 0 bridgehead atoms. The molecule has 1 amide bonds. The summed E-state index contributed by atoms with van der Waals surface area (Å²) in [5.74, 6) is 0.379. The first-order valence-corrected chi connectivity index (χ1v) is 6.50. The van der Waals surface area contributed by atoms with Crippen molar-refractivity contribution in [2.75, 3.05) is 0 Å². The first-order chi connectivity index (χ1) is 8.40. The van der Waals surface area contributed by atoms with Crippen LogP contribution in [0.2, 0.25) is 0 Å². The molecule has 18 heavy (non-hydrogen) atoms. The van der Waals surface area contributed by atoms with Crippen LogP contribution >= 0.6 is 12.2 Å². The second-order valence-electron chi connectivity index (χ2n) is 4.82. The van der Waals surface area contributed by atoms with E-state index in [1.807, 2.05) is 31.2 Å². The molecule has 0 aromatic heterocycles. The monoisotopic (exact) mass is 264 g/mol. The highest BCUT2D eigenvalue weighted by Crippen LogP contribution is 2.14. The van der Waals surface area contributed by atoms with Crippen LogP contribution in [0.25, 0.3) is 0 Å². The highest BCUT2D eigenvalue weighted by molar-refractivity contribution is 7.80. The number of carbonyl (C=O) groups is 1. The Morgan fingerprint density at radius 1 is 1.28 bits per heavy atom. The number of nitrogens with two attached hydrogens (primary N) is 1. The zero-order valence-corrected chi connectivity index (χ0v) is 11.9. The van der Waals surface area contributed by atoms with Gasteiger partial charge in [0.25, 0.3) is 5.91 Å². The van der Waals surface area contributed by atoms with Gasteiger partial charge >= 0.3 is 0 Å². The maximum absolute atomic E-state index is 11.9. The fourth-order valence-corrected chi connectivity index (χ4v) is 1.93. The van der Waals surface area contributed by atoms with E-state index in [4.69, 9.17) is 18.0 Å². The summed E-state index contributed by atoms with van der Waals surface area (Å²) in [7, 11) is 0. The average Bonchev–Trinajstić information content (AvgIpc) is 2.27. The van der Waals surface area contributed by atoms with Crippen LogP contribution in [-0.4, -0.2) is 16.9 Å². The van der Waals surface area contributed by atoms with Crippen molar-refractivity contribution in [2.24, 2.45) is 5.73 Å². The molecule has 1 unspecified atom stereocenters. The molecule has 0 aliphatic heterocycles. The van der Waals surface area contributed by atoms with Crippen molar-refractivity contribution < 1.29 is 4.79 Å². The Morgan fingerprint density at radius 3 is 2.28 bits per heavy atom. The number of thiocarbonyl (C=S) groups is 1. The van der Waals surface area contributed by atoms with Crippen LogP contribution in [0.5, 0.6) is 0 Å². The Hall–Kier alpha value is -1.42. The van der Waals surface area contributed by atoms with Gasteiger partial charge in [0.15, 0.2) is 0 Å². The predicted octanol–water partition coefficient (Wildman–Crippen LogP) is 2.60. The first-order valence-electron chi connectivity index (χ1n) is 6.09. The van der Waals surface area contributed by atoms with Gasteiger partial charge in [0.2, 0.25) is 0 Å². The molecule has 0 saturated heterocycles. The lowest BCUT2D eigenvalue weighted by molar-refractivity contribution is 0.0941. The quantitative estimate of drug-likeness (QED) is 0.804. The van der Waals surface area contributed by atoms with Crippen molar-refractivity contribution in [3.63, 3.8) is 0 Å². The van der Waals surface area contributed by atoms with Crippen molar-refractivity contribution in [1.29, 1.82) is 0 Å². The molecule has 3 N–H and O–H groups in total. The molecule has 0 fully saturated rings. The number of carbonyl (C=O) groups excluding carboxylic acids is 1. The van der Waals surface area contributed by atoms with Crippen LogP contribution in [0, 0.1) is 0 Å². The van der Waals surface area contributed by atoms with E-state index in [0.717, 1.165) is 0 Å². The number of benzene rings is 1. The van der Waals surface area contributed by atoms with Gasteiger partial charge in [-0.15, -0.1) is 0 Å². The van der Waals surface area contributed by atoms with E-state index < -0.39 is 0 Å². The van der Waals surface area contributed by atoms with Crippen LogP contribution in [0.1, 0.15) is 49.0 Å². The molecule has 0 heterocycles. The highest BCUT2D eigenvalue weighted by Gasteiger charge is 2.10. The molecule has 0 aliphatic carbocycles. The Balaban J connectivity index is 2.64. The highest BCUT2D eigenvalue weighted by atomic mass is 32.1. The van der Waals surface area contributed by atoms with Gasteiger partial charge < -0.3 is 11.1 Å². The second kappa shape index (κ2) is 6.50. The van der Waals surface area contributed by atoms with Crippen molar-refractivity contribution in [3.05, 3.63) is 35.4 Å². The number of rotatable bonds is 5. The minimum Gasteiger partial charge on any atom is -0.393 e. The lowest BCUT2D eigenvalue weighted by Crippen LogP contribution is -2.35. The molecule has 4 heteroatoms. The van der Waals surface area contributed by atoms with Crippen LogP contribution in [0.3, 0.4) is 0 Å². The van der Waals surface area contributed by atoms with Crippen LogP contribution in [-0.2, 0) is 0 Å². The Bertz CT molecular complexity index is 426. The Labute approximate surface area is 114 Å². The molecule has 1 atom stereocenters. The fraction of sp³-hybridized carbons (Fsp3) is 0.429. The third-order valence-corrected chi connectivity index (χ3v) is 2.89. The fourth-order valence-electron chi connectivity index (χ4n) is 1.68. The van der Waals surface area contributed by atoms with E-state index in [1.54, 1.807) is 0 Å². The Kier molecular flexibility index (Phi) is 5.28. The van der Waals surface area contributed by atoms with Gasteiger partial charge in [-0.1, -0.05) is 38.2 Å². The van der Waals surface area contributed by atoms with Crippen LogP contribution in [0.15, 0.2) is 24.3 Å². The number of hydrogen-bond donors (Lipinski definition) is 2. The summed E-state index contributed by atoms with van der Waals surface area (Å²) in [6.07, 6.45) is 0.519. The SMILES string of the molecule is CC(CC(N)=S)NC(=O)c1ccc(C(C)C)cc1. The summed E-state index contributed by atoms with van der Waals surface area (Å²) in [5, 5.41) is 2.87. The molecule has 1 rings (SSSR count). The maximum atomic E-state index is 11.9. The average molecular weight is 264 g/mol. The Morgan fingerprint density at radius 2 is 1.83 bits per heavy atom. The molecule has 1 aromatic carbocycles. The molecular weight excluding hydrogens is 244 g/mol. The van der Waals surface area contributed by atoms with Crippen molar-refractivity contribution in [1.82, 2.24) is 5.32 Å². The second-order valence-corrected chi connectivity index (χ2v) is 5.35. The van der Waals surface area contributed by atoms with E-state index in [2.05, 4.69) is 19.2 Å². The summed E-state index contributed by atoms with van der Waals surface area (Å²) in [4.78, 5) is 12.3. The van der Waals surface area contributed by atoms with Crippen molar-refractivity contribution in [2.45, 2.75) is 39.2 Å². The largest absolute Gasteiger partial charge is 0.393 e. The van der Waals surface area contributed by atoms with E-state index in [0.29, 0.717) is 22.9 Å². The standard InChI is InChI=1S/C14H20N2OS/c1-9(2)11-4-6-12(7-5-11)14(17)16-10(3)8-13(15)18/h4-7,9-10H,8H2,1-3H3,(H2,15,18)(H,16,17). The summed E-state index contributed by atoms with van der Waals surface area (Å²) < 4.78 is 0. The van der Waals surface area contributed by atoms with Gasteiger partial charge in [-0.2, -0.15) is 0 Å². The molecule has 1 aromatic rings. The first kappa shape index (κ1) is 14.6. The zero-order chi connectivity index (χ0) is 13.7. The number of nitrogens with one attached hydrogen (secondary N) is 1. The van der Waals surface area contributed by atoms with Gasteiger partial charge in [-0.3, -0.25) is 4.79 Å². The molecule has 3 nitrogen and oxygen atoms in total. The van der Waals surface area contributed by atoms with Gasteiger partial charge in [-0.25, -0.2) is 0 Å². The van der Waals surface area contributed by atoms with E-state index >= 15 is 0 Å². The summed E-state index contributed by atoms with van der Waals surface area (Å²) >= 11 is 4.81. The van der Waals surface area contributed by atoms with Crippen LogP contribution < -0.4 is 11.1 Å². The van der Waals surface area contributed by atoms with Gasteiger partial charge in [0.1, 0.15) is 0 Å². The summed E-state index contributed by atoms with van der Waals surface area (Å²) in [5.41, 5.74) is 7.33. The molecule has 0 spiro atoms. The lowest BCUT2D eigenvalue weighted by Gasteiger charge is -2.13. The number of amides is 1. The summed E-state index contributed by atoms with van der Waals surface area (Å²) in [6, 6.07) is 7.62. The molecular formula is C14H20N2OS. The van der Waals surface area contributed by atoms with E-state index in [-0.39, 0.29) is 11.9 Å². The van der Waals surface area contributed by atoms with Crippen molar-refractivity contribution >= 4 is 23.1 Å². The van der Waals surface area contributed by atoms with E-state index in [9.17, 15) is 4.79 Å². The predicted molar refractivity (Wildman–Crippen MR) is 78.9 cm³/mol. The lowest BCUT2D eigenvalue weighted by atomic mass is 10.0. The minimum absolute atomic E-state index is 0.0419. The van der Waals surface area contributed by atoms with E-state index in [1.165, 1.54) is 5.56 Å². The summed E-state index contributed by atoms with van der Waals surface area (Å²) in [6.45, 7) is 6.14. The van der Waals surface area contributed by atoms with Crippen molar-refractivity contribution in [3.8, 4) is 0 Å². The molecule has 0 saturated carbocycles. The van der Waals surface area contributed by atoms with Gasteiger partial charge in [0, 0.05) is 18.0 Å². The minimum atomic E-state index is -0.0888.